The normalized spacial score (nSPS) is 10.2. The lowest BCUT2D eigenvalue weighted by atomic mass is 10.2. The third-order valence-corrected chi connectivity index (χ3v) is 2.33. The summed E-state index contributed by atoms with van der Waals surface area (Å²) in [6.45, 7) is 2.71. The molecule has 0 aliphatic carbocycles. The Morgan fingerprint density at radius 3 is 2.69 bits per heavy atom. The number of nitrogens with zero attached hydrogens (tertiary/aromatic N) is 1. The smallest absolute Gasteiger partial charge is 0.226 e. The third kappa shape index (κ3) is 3.03. The van der Waals surface area contributed by atoms with E-state index in [-0.39, 0.29) is 11.7 Å². The van der Waals surface area contributed by atoms with Gasteiger partial charge in [-0.2, -0.15) is 0 Å². The van der Waals surface area contributed by atoms with Gasteiger partial charge in [0.2, 0.25) is 5.91 Å². The molecule has 1 aromatic rings. The highest BCUT2D eigenvalue weighted by Gasteiger charge is 2.16. The van der Waals surface area contributed by atoms with E-state index in [1.165, 1.54) is 11.0 Å². The van der Waals surface area contributed by atoms with Crippen LogP contribution in [0.25, 0.3) is 0 Å². The van der Waals surface area contributed by atoms with Crippen LogP contribution in [0.3, 0.4) is 0 Å². The van der Waals surface area contributed by atoms with E-state index in [9.17, 15) is 9.18 Å². The zero-order valence-electron chi connectivity index (χ0n) is 9.45. The van der Waals surface area contributed by atoms with Crippen molar-refractivity contribution in [2.45, 2.75) is 19.8 Å². The first-order chi connectivity index (χ1) is 7.70. The Morgan fingerprint density at radius 1 is 1.44 bits per heavy atom. The van der Waals surface area contributed by atoms with Crippen LogP contribution in [0, 0.1) is 5.82 Å². The summed E-state index contributed by atoms with van der Waals surface area (Å²) in [5, 5.41) is 0. The van der Waals surface area contributed by atoms with Crippen molar-refractivity contribution in [1.29, 1.82) is 0 Å². The second-order valence-electron chi connectivity index (χ2n) is 3.49. The SMILES string of the molecule is CCC(=O)N(CCCN)c1ccccc1F. The molecular formula is C12H17FN2O. The minimum atomic E-state index is -0.374. The second-order valence-corrected chi connectivity index (χ2v) is 3.49. The average Bonchev–Trinajstić information content (AvgIpc) is 2.31. The van der Waals surface area contributed by atoms with Crippen LogP contribution in [-0.4, -0.2) is 19.0 Å². The molecule has 0 atom stereocenters. The Labute approximate surface area is 95.0 Å². The summed E-state index contributed by atoms with van der Waals surface area (Å²) in [5.41, 5.74) is 5.74. The first-order valence-corrected chi connectivity index (χ1v) is 5.45. The Balaban J connectivity index is 2.92. The molecule has 2 N–H and O–H groups in total. The molecule has 88 valence electrons. The van der Waals surface area contributed by atoms with Crippen LogP contribution >= 0.6 is 0 Å². The average molecular weight is 224 g/mol. The first kappa shape index (κ1) is 12.6. The highest BCUT2D eigenvalue weighted by Crippen LogP contribution is 2.19. The molecule has 0 spiro atoms. The molecule has 1 aromatic carbocycles. The predicted molar refractivity (Wildman–Crippen MR) is 62.7 cm³/mol. The maximum atomic E-state index is 13.5. The van der Waals surface area contributed by atoms with Gasteiger partial charge in [-0.3, -0.25) is 4.79 Å². The van der Waals surface area contributed by atoms with Gasteiger partial charge in [0.05, 0.1) is 5.69 Å². The molecule has 0 heterocycles. The zero-order valence-corrected chi connectivity index (χ0v) is 9.45. The minimum Gasteiger partial charge on any atom is -0.330 e. The Hall–Kier alpha value is -1.42. The number of anilines is 1. The summed E-state index contributed by atoms with van der Waals surface area (Å²) in [5.74, 6) is -0.458. The van der Waals surface area contributed by atoms with E-state index in [1.807, 2.05) is 0 Å². The lowest BCUT2D eigenvalue weighted by molar-refractivity contribution is -0.118. The molecule has 0 bridgehead atoms. The van der Waals surface area contributed by atoms with Gasteiger partial charge in [-0.1, -0.05) is 19.1 Å². The van der Waals surface area contributed by atoms with Crippen molar-refractivity contribution in [3.05, 3.63) is 30.1 Å². The molecule has 0 aliphatic heterocycles. The maximum absolute atomic E-state index is 13.5. The van der Waals surface area contributed by atoms with Crippen LogP contribution < -0.4 is 10.6 Å². The van der Waals surface area contributed by atoms with E-state index in [2.05, 4.69) is 0 Å². The number of hydrogen-bond donors (Lipinski definition) is 1. The number of amides is 1. The van der Waals surface area contributed by atoms with Crippen molar-refractivity contribution < 1.29 is 9.18 Å². The lowest BCUT2D eigenvalue weighted by Crippen LogP contribution is -2.33. The third-order valence-electron chi connectivity index (χ3n) is 2.33. The Kier molecular flexibility index (Phi) is 4.92. The summed E-state index contributed by atoms with van der Waals surface area (Å²) in [6, 6.07) is 6.29. The van der Waals surface area contributed by atoms with Crippen LogP contribution in [-0.2, 0) is 4.79 Å². The van der Waals surface area contributed by atoms with E-state index in [1.54, 1.807) is 25.1 Å². The standard InChI is InChI=1S/C12H17FN2O/c1-2-12(16)15(9-5-8-14)11-7-4-3-6-10(11)13/h3-4,6-7H,2,5,8-9,14H2,1H3. The molecule has 0 radical (unpaired) electrons. The quantitative estimate of drug-likeness (QED) is 0.830. The van der Waals surface area contributed by atoms with Gasteiger partial charge in [0.1, 0.15) is 5.82 Å². The molecule has 1 rings (SSSR count). The van der Waals surface area contributed by atoms with Gasteiger partial charge in [-0.25, -0.2) is 4.39 Å². The second kappa shape index (κ2) is 6.23. The van der Waals surface area contributed by atoms with Crippen LogP contribution in [0.15, 0.2) is 24.3 Å². The Bertz CT molecular complexity index is 355. The van der Waals surface area contributed by atoms with Gasteiger partial charge in [0.25, 0.3) is 0 Å². The largest absolute Gasteiger partial charge is 0.330 e. The monoisotopic (exact) mass is 224 g/mol. The van der Waals surface area contributed by atoms with Gasteiger partial charge in [-0.15, -0.1) is 0 Å². The fourth-order valence-electron chi connectivity index (χ4n) is 1.49. The van der Waals surface area contributed by atoms with Gasteiger partial charge < -0.3 is 10.6 Å². The molecule has 0 unspecified atom stereocenters. The van der Waals surface area contributed by atoms with Crippen molar-refractivity contribution in [2.24, 2.45) is 5.73 Å². The van der Waals surface area contributed by atoms with Gasteiger partial charge in [-0.05, 0) is 25.1 Å². The highest BCUT2D eigenvalue weighted by molar-refractivity contribution is 5.93. The minimum absolute atomic E-state index is 0.0847. The molecule has 1 amide bonds. The van der Waals surface area contributed by atoms with Crippen LogP contribution in [0.5, 0.6) is 0 Å². The number of rotatable bonds is 5. The van der Waals surface area contributed by atoms with Crippen LogP contribution in [0.1, 0.15) is 19.8 Å². The summed E-state index contributed by atoms with van der Waals surface area (Å²) >= 11 is 0. The van der Waals surface area contributed by atoms with Gasteiger partial charge in [0, 0.05) is 13.0 Å². The van der Waals surface area contributed by atoms with Crippen molar-refractivity contribution in [2.75, 3.05) is 18.0 Å². The summed E-state index contributed by atoms with van der Waals surface area (Å²) in [7, 11) is 0. The molecule has 0 fully saturated rings. The zero-order chi connectivity index (χ0) is 12.0. The molecule has 3 nitrogen and oxygen atoms in total. The van der Waals surface area contributed by atoms with Crippen molar-refractivity contribution in [3.63, 3.8) is 0 Å². The molecule has 16 heavy (non-hydrogen) atoms. The summed E-state index contributed by atoms with van der Waals surface area (Å²) in [6.07, 6.45) is 1.03. The van der Waals surface area contributed by atoms with Crippen LogP contribution in [0.2, 0.25) is 0 Å². The highest BCUT2D eigenvalue weighted by atomic mass is 19.1. The Morgan fingerprint density at radius 2 is 2.12 bits per heavy atom. The number of carbonyl (C=O) groups excluding carboxylic acids is 1. The summed E-state index contributed by atoms with van der Waals surface area (Å²) < 4.78 is 13.5. The molecule has 0 aliphatic rings. The van der Waals surface area contributed by atoms with Crippen LogP contribution in [0.4, 0.5) is 10.1 Å². The topological polar surface area (TPSA) is 46.3 Å². The van der Waals surface area contributed by atoms with Gasteiger partial charge in [0.15, 0.2) is 0 Å². The van der Waals surface area contributed by atoms with E-state index < -0.39 is 0 Å². The van der Waals surface area contributed by atoms with Crippen molar-refractivity contribution in [3.8, 4) is 0 Å². The molecule has 0 aromatic heterocycles. The first-order valence-electron chi connectivity index (χ1n) is 5.45. The molecular weight excluding hydrogens is 207 g/mol. The van der Waals surface area contributed by atoms with Gasteiger partial charge >= 0.3 is 0 Å². The maximum Gasteiger partial charge on any atom is 0.226 e. The summed E-state index contributed by atoms with van der Waals surface area (Å²) in [4.78, 5) is 13.1. The fraction of sp³-hybridized carbons (Fsp3) is 0.417. The number of para-hydroxylation sites is 1. The number of halogens is 1. The van der Waals surface area contributed by atoms with Crippen molar-refractivity contribution >= 4 is 11.6 Å². The number of carbonyl (C=O) groups is 1. The number of hydrogen-bond acceptors (Lipinski definition) is 2. The van der Waals surface area contributed by atoms with E-state index >= 15 is 0 Å². The molecule has 4 heteroatoms. The van der Waals surface area contributed by atoms with Crippen molar-refractivity contribution in [1.82, 2.24) is 0 Å². The molecule has 0 saturated heterocycles. The number of nitrogens with two attached hydrogens (primary N) is 1. The van der Waals surface area contributed by atoms with E-state index in [0.717, 1.165) is 0 Å². The lowest BCUT2D eigenvalue weighted by Gasteiger charge is -2.22. The molecule has 0 saturated carbocycles. The predicted octanol–water partition coefficient (Wildman–Crippen LogP) is 1.92. The fourth-order valence-corrected chi connectivity index (χ4v) is 1.49. The van der Waals surface area contributed by atoms with E-state index in [4.69, 9.17) is 5.73 Å². The number of benzene rings is 1. The van der Waals surface area contributed by atoms with E-state index in [0.29, 0.717) is 31.6 Å².